The second-order valence-corrected chi connectivity index (χ2v) is 8.72. The second-order valence-electron chi connectivity index (χ2n) is 8.72. The first-order valence-corrected chi connectivity index (χ1v) is 9.97. The Morgan fingerprint density at radius 3 is 2.36 bits per heavy atom. The molecule has 4 nitrogen and oxygen atoms in total. The van der Waals surface area contributed by atoms with E-state index in [0.717, 1.165) is 44.7 Å². The third-order valence-electron chi connectivity index (χ3n) is 7.37. The van der Waals surface area contributed by atoms with Crippen molar-refractivity contribution in [2.45, 2.75) is 62.4 Å². The van der Waals surface area contributed by atoms with Gasteiger partial charge in [-0.1, -0.05) is 36.8 Å². The van der Waals surface area contributed by atoms with Crippen molar-refractivity contribution in [3.63, 3.8) is 0 Å². The predicted octanol–water partition coefficient (Wildman–Crippen LogP) is 2.74. The molecular weight excluding hydrogens is 310 g/mol. The smallest absolute Gasteiger partial charge is 0.163 e. The maximum atomic E-state index is 10.5. The fourth-order valence-corrected chi connectivity index (χ4v) is 5.33. The summed E-state index contributed by atoms with van der Waals surface area (Å²) in [4.78, 5) is 4.83. The Morgan fingerprint density at radius 1 is 1.12 bits per heavy atom. The highest BCUT2D eigenvalue weighted by Gasteiger charge is 2.52. The van der Waals surface area contributed by atoms with E-state index in [9.17, 15) is 5.11 Å². The molecule has 0 aromatic heterocycles. The van der Waals surface area contributed by atoms with Gasteiger partial charge in [0.25, 0.3) is 0 Å². The van der Waals surface area contributed by atoms with E-state index in [1.165, 1.54) is 24.8 Å². The summed E-state index contributed by atoms with van der Waals surface area (Å²) in [7, 11) is 4.44. The largest absolute Gasteiger partial charge is 0.365 e. The van der Waals surface area contributed by atoms with Gasteiger partial charge in [0, 0.05) is 24.2 Å². The van der Waals surface area contributed by atoms with Crippen LogP contribution in [0.1, 0.15) is 50.5 Å². The SMILES string of the molecule is CN(C)[C@]1(c2ccccc2)CC[C@@]2(CC1)CNC(O)N2CC1CCC1. The number of nitrogens with one attached hydrogen (secondary N) is 1. The Bertz CT molecular complexity index is 576. The summed E-state index contributed by atoms with van der Waals surface area (Å²) < 4.78 is 0. The number of aliphatic hydroxyl groups is 1. The molecule has 3 fully saturated rings. The lowest BCUT2D eigenvalue weighted by Gasteiger charge is -2.52. The predicted molar refractivity (Wildman–Crippen MR) is 101 cm³/mol. The van der Waals surface area contributed by atoms with Crippen LogP contribution < -0.4 is 5.32 Å². The molecule has 2 aliphatic carbocycles. The Labute approximate surface area is 152 Å². The Morgan fingerprint density at radius 2 is 1.80 bits per heavy atom. The molecule has 1 aromatic carbocycles. The highest BCUT2D eigenvalue weighted by molar-refractivity contribution is 5.26. The lowest BCUT2D eigenvalue weighted by Crippen LogP contribution is -2.57. The molecule has 0 amide bonds. The summed E-state index contributed by atoms with van der Waals surface area (Å²) in [6.45, 7) is 1.99. The van der Waals surface area contributed by atoms with Crippen molar-refractivity contribution < 1.29 is 5.11 Å². The van der Waals surface area contributed by atoms with Crippen LogP contribution in [0, 0.1) is 5.92 Å². The molecule has 1 unspecified atom stereocenters. The van der Waals surface area contributed by atoms with Crippen LogP contribution in [-0.2, 0) is 5.54 Å². The molecule has 0 bridgehead atoms. The van der Waals surface area contributed by atoms with Crippen LogP contribution in [0.5, 0.6) is 0 Å². The van der Waals surface area contributed by atoms with Crippen molar-refractivity contribution in [1.29, 1.82) is 0 Å². The molecule has 2 N–H and O–H groups in total. The Kier molecular flexibility index (Phi) is 4.65. The summed E-state index contributed by atoms with van der Waals surface area (Å²) in [6.07, 6.45) is 8.19. The van der Waals surface area contributed by atoms with E-state index < -0.39 is 6.35 Å². The summed E-state index contributed by atoms with van der Waals surface area (Å²) in [5.74, 6) is 0.793. The molecule has 138 valence electrons. The summed E-state index contributed by atoms with van der Waals surface area (Å²) in [5, 5.41) is 13.9. The Hall–Kier alpha value is -0.940. The molecule has 4 rings (SSSR count). The van der Waals surface area contributed by atoms with Crippen molar-refractivity contribution in [3.8, 4) is 0 Å². The molecule has 4 heteroatoms. The third kappa shape index (κ3) is 2.93. The van der Waals surface area contributed by atoms with Gasteiger partial charge in [-0.15, -0.1) is 0 Å². The fraction of sp³-hybridized carbons (Fsp3) is 0.714. The normalized spacial score (nSPS) is 36.9. The second kappa shape index (κ2) is 6.66. The maximum absolute atomic E-state index is 10.5. The summed E-state index contributed by atoms with van der Waals surface area (Å²) in [6, 6.07) is 11.0. The monoisotopic (exact) mass is 343 g/mol. The first kappa shape index (κ1) is 17.5. The van der Waals surface area contributed by atoms with Crippen LogP contribution in [0.2, 0.25) is 0 Å². The van der Waals surface area contributed by atoms with Crippen molar-refractivity contribution >= 4 is 0 Å². The molecule has 2 saturated carbocycles. The third-order valence-corrected chi connectivity index (χ3v) is 7.37. The highest BCUT2D eigenvalue weighted by atomic mass is 16.3. The van der Waals surface area contributed by atoms with Crippen LogP contribution in [0.25, 0.3) is 0 Å². The number of rotatable bonds is 4. The quantitative estimate of drug-likeness (QED) is 0.882. The maximum Gasteiger partial charge on any atom is 0.163 e. The average molecular weight is 344 g/mol. The molecule has 1 aliphatic heterocycles. The zero-order valence-corrected chi connectivity index (χ0v) is 15.7. The number of benzene rings is 1. The zero-order valence-electron chi connectivity index (χ0n) is 15.7. The van der Waals surface area contributed by atoms with Gasteiger partial charge >= 0.3 is 0 Å². The van der Waals surface area contributed by atoms with Gasteiger partial charge in [-0.05, 0) is 64.1 Å². The minimum atomic E-state index is -0.454. The van der Waals surface area contributed by atoms with Crippen LogP contribution in [-0.4, -0.2) is 54.0 Å². The molecule has 3 aliphatic rings. The Balaban J connectivity index is 1.54. The summed E-state index contributed by atoms with van der Waals surface area (Å²) >= 11 is 0. The van der Waals surface area contributed by atoms with Crippen molar-refractivity contribution in [1.82, 2.24) is 15.1 Å². The molecule has 1 saturated heterocycles. The van der Waals surface area contributed by atoms with E-state index in [-0.39, 0.29) is 11.1 Å². The van der Waals surface area contributed by atoms with Gasteiger partial charge in [-0.25, -0.2) is 0 Å². The van der Waals surface area contributed by atoms with E-state index in [2.05, 4.69) is 59.5 Å². The standard InChI is InChI=1S/C21H33N3O/c1-23(2)21(18-9-4-3-5-10-18)13-11-20(12-14-21)16-22-19(25)24(20)15-17-7-6-8-17/h3-5,9-10,17,19,22,25H,6-8,11-16H2,1-2H3/t19?,20-,21-. The van der Waals surface area contributed by atoms with Gasteiger partial charge < -0.3 is 5.11 Å². The van der Waals surface area contributed by atoms with Gasteiger partial charge in [0.05, 0.1) is 0 Å². The summed E-state index contributed by atoms with van der Waals surface area (Å²) in [5.41, 5.74) is 1.71. The minimum Gasteiger partial charge on any atom is -0.365 e. The molecular formula is C21H33N3O. The van der Waals surface area contributed by atoms with E-state index >= 15 is 0 Å². The fourth-order valence-electron chi connectivity index (χ4n) is 5.33. The van der Waals surface area contributed by atoms with E-state index in [4.69, 9.17) is 0 Å². The van der Waals surface area contributed by atoms with Gasteiger partial charge in [-0.2, -0.15) is 0 Å². The topological polar surface area (TPSA) is 38.7 Å². The zero-order chi connectivity index (χ0) is 17.5. The first-order chi connectivity index (χ1) is 12.1. The lowest BCUT2D eigenvalue weighted by atomic mass is 9.68. The van der Waals surface area contributed by atoms with Crippen molar-refractivity contribution in [2.24, 2.45) is 5.92 Å². The van der Waals surface area contributed by atoms with E-state index in [0.29, 0.717) is 0 Å². The number of hydrogen-bond donors (Lipinski definition) is 2. The van der Waals surface area contributed by atoms with Crippen LogP contribution >= 0.6 is 0 Å². The molecule has 1 atom stereocenters. The minimum absolute atomic E-state index is 0.127. The van der Waals surface area contributed by atoms with E-state index in [1.54, 1.807) is 0 Å². The molecule has 0 radical (unpaired) electrons. The van der Waals surface area contributed by atoms with Gasteiger partial charge in [0.2, 0.25) is 0 Å². The number of nitrogens with zero attached hydrogens (tertiary/aromatic N) is 2. The van der Waals surface area contributed by atoms with Crippen LogP contribution in [0.15, 0.2) is 30.3 Å². The molecule has 1 aromatic rings. The highest BCUT2D eigenvalue weighted by Crippen LogP contribution is 2.48. The lowest BCUT2D eigenvalue weighted by molar-refractivity contribution is -0.0712. The van der Waals surface area contributed by atoms with Crippen molar-refractivity contribution in [3.05, 3.63) is 35.9 Å². The number of hydrogen-bond acceptors (Lipinski definition) is 4. The number of aliphatic hydroxyl groups excluding tert-OH is 1. The molecule has 1 spiro atoms. The average Bonchev–Trinajstić information content (AvgIpc) is 2.88. The van der Waals surface area contributed by atoms with E-state index in [1.807, 2.05) is 0 Å². The van der Waals surface area contributed by atoms with Gasteiger partial charge in [0.15, 0.2) is 6.35 Å². The molecule has 1 heterocycles. The first-order valence-electron chi connectivity index (χ1n) is 9.97. The van der Waals surface area contributed by atoms with Gasteiger partial charge in [0.1, 0.15) is 0 Å². The van der Waals surface area contributed by atoms with Crippen LogP contribution in [0.3, 0.4) is 0 Å². The van der Waals surface area contributed by atoms with Crippen LogP contribution in [0.4, 0.5) is 0 Å². The van der Waals surface area contributed by atoms with Crippen molar-refractivity contribution in [2.75, 3.05) is 27.2 Å². The molecule has 25 heavy (non-hydrogen) atoms. The van der Waals surface area contributed by atoms with Gasteiger partial charge in [-0.3, -0.25) is 15.1 Å².